The van der Waals surface area contributed by atoms with Crippen molar-refractivity contribution in [1.82, 2.24) is 9.78 Å². The van der Waals surface area contributed by atoms with E-state index in [2.05, 4.69) is 10.4 Å². The molecule has 0 saturated carbocycles. The lowest BCUT2D eigenvalue weighted by atomic mass is 10.2. The predicted molar refractivity (Wildman–Crippen MR) is 119 cm³/mol. The number of aliphatic hydroxyl groups excluding tert-OH is 1. The number of aromatic nitrogens is 2. The number of benzene rings is 2. The van der Waals surface area contributed by atoms with Gasteiger partial charge in [0.15, 0.2) is 15.7 Å². The number of amides is 1. The van der Waals surface area contributed by atoms with E-state index in [1.165, 1.54) is 30.3 Å². The van der Waals surface area contributed by atoms with E-state index in [9.17, 15) is 18.3 Å². The van der Waals surface area contributed by atoms with E-state index >= 15 is 0 Å². The Bertz CT molecular complexity index is 1240. The van der Waals surface area contributed by atoms with E-state index in [-0.39, 0.29) is 33.6 Å². The zero-order valence-corrected chi connectivity index (χ0v) is 19.1. The number of sulfone groups is 1. The van der Waals surface area contributed by atoms with E-state index in [1.807, 2.05) is 0 Å². The van der Waals surface area contributed by atoms with Gasteiger partial charge in [0.1, 0.15) is 23.4 Å². The van der Waals surface area contributed by atoms with Crippen molar-refractivity contribution in [2.24, 2.45) is 7.05 Å². The predicted octanol–water partition coefficient (Wildman–Crippen LogP) is 3.28. The van der Waals surface area contributed by atoms with Crippen LogP contribution in [0.5, 0.6) is 17.2 Å². The van der Waals surface area contributed by atoms with E-state index in [1.54, 1.807) is 37.0 Å². The van der Waals surface area contributed by atoms with Crippen LogP contribution in [0.25, 0.3) is 0 Å². The van der Waals surface area contributed by atoms with Crippen molar-refractivity contribution in [2.45, 2.75) is 17.9 Å². The van der Waals surface area contributed by atoms with Crippen LogP contribution in [0.3, 0.4) is 0 Å². The number of carbonyl (C=O) groups is 1. The van der Waals surface area contributed by atoms with Gasteiger partial charge in [0.05, 0.1) is 16.5 Å². The number of aliphatic hydroxyl groups is 1. The Morgan fingerprint density at radius 1 is 1.19 bits per heavy atom. The third kappa shape index (κ3) is 6.00. The number of nitrogens with one attached hydrogen (secondary N) is 1. The van der Waals surface area contributed by atoms with Crippen molar-refractivity contribution in [1.29, 1.82) is 0 Å². The summed E-state index contributed by atoms with van der Waals surface area (Å²) in [5.74, 6) is 0.751. The van der Waals surface area contributed by atoms with Gasteiger partial charge in [0.2, 0.25) is 0 Å². The fourth-order valence-electron chi connectivity index (χ4n) is 2.75. The molecule has 32 heavy (non-hydrogen) atoms. The molecule has 0 bridgehead atoms. The van der Waals surface area contributed by atoms with Gasteiger partial charge in [-0.05, 0) is 31.2 Å². The smallest absolute Gasteiger partial charge is 0.257 e. The third-order valence-corrected chi connectivity index (χ3v) is 5.81. The van der Waals surface area contributed by atoms with E-state index in [4.69, 9.17) is 21.1 Å². The molecule has 0 spiro atoms. The van der Waals surface area contributed by atoms with Crippen LogP contribution in [0.2, 0.25) is 5.02 Å². The fraction of sp³-hybridized carbons (Fsp3) is 0.238. The molecule has 3 rings (SSSR count). The lowest BCUT2D eigenvalue weighted by molar-refractivity contribution is 0.102. The summed E-state index contributed by atoms with van der Waals surface area (Å²) in [6, 6.07) is 10.4. The zero-order valence-electron chi connectivity index (χ0n) is 17.6. The molecule has 0 aliphatic heterocycles. The van der Waals surface area contributed by atoms with Gasteiger partial charge in [-0.1, -0.05) is 11.6 Å². The lowest BCUT2D eigenvalue weighted by Crippen LogP contribution is -2.17. The molecule has 0 radical (unpaired) electrons. The molecule has 1 unspecified atom stereocenters. The Labute approximate surface area is 190 Å². The Kier molecular flexibility index (Phi) is 7.07. The summed E-state index contributed by atoms with van der Waals surface area (Å²) < 4.78 is 36.5. The highest BCUT2D eigenvalue weighted by molar-refractivity contribution is 7.90. The first-order chi connectivity index (χ1) is 15.0. The number of rotatable bonds is 8. The number of halogens is 1. The van der Waals surface area contributed by atoms with Crippen LogP contribution in [-0.2, 0) is 16.9 Å². The molecule has 2 aromatic carbocycles. The Hall–Kier alpha value is -3.08. The number of ether oxygens (including phenoxy) is 2. The molecule has 1 amide bonds. The first-order valence-electron chi connectivity index (χ1n) is 9.46. The minimum atomic E-state index is -3.48. The first kappa shape index (κ1) is 23.6. The summed E-state index contributed by atoms with van der Waals surface area (Å²) in [4.78, 5) is 12.7. The molecule has 1 heterocycles. The van der Waals surface area contributed by atoms with Gasteiger partial charge in [-0.25, -0.2) is 8.42 Å². The van der Waals surface area contributed by atoms with Crippen molar-refractivity contribution in [3.63, 3.8) is 0 Å². The summed E-state index contributed by atoms with van der Waals surface area (Å²) in [5, 5.41) is 16.1. The standard InChI is InChI=1S/C21H22ClN3O6S/c1-13(12-26)30-16-8-14(21(27)23-20-6-7-25(2)24-20)9-17(10-16)31-15-4-5-19(18(22)11-15)32(3,28)29/h4-11,13,26H,12H2,1-3H3,(H,23,24,27). The molecule has 0 fully saturated rings. The molecule has 9 nitrogen and oxygen atoms in total. The van der Waals surface area contributed by atoms with Crippen molar-refractivity contribution < 1.29 is 27.8 Å². The van der Waals surface area contributed by atoms with Crippen LogP contribution < -0.4 is 14.8 Å². The van der Waals surface area contributed by atoms with Crippen LogP contribution >= 0.6 is 11.6 Å². The monoisotopic (exact) mass is 479 g/mol. The van der Waals surface area contributed by atoms with Crippen molar-refractivity contribution in [3.05, 3.63) is 59.2 Å². The third-order valence-electron chi connectivity index (χ3n) is 4.23. The number of nitrogens with zero attached hydrogens (tertiary/aromatic N) is 2. The number of hydrogen-bond acceptors (Lipinski definition) is 7. The van der Waals surface area contributed by atoms with Crippen LogP contribution in [0.15, 0.2) is 53.6 Å². The van der Waals surface area contributed by atoms with E-state index in [0.29, 0.717) is 11.6 Å². The summed E-state index contributed by atoms with van der Waals surface area (Å²) in [6.45, 7) is 1.45. The molecule has 3 aromatic rings. The molecule has 1 atom stereocenters. The molecule has 11 heteroatoms. The van der Waals surface area contributed by atoms with Gasteiger partial charge in [-0.2, -0.15) is 5.10 Å². The largest absolute Gasteiger partial charge is 0.488 e. The topological polar surface area (TPSA) is 120 Å². The quantitative estimate of drug-likeness (QED) is 0.508. The van der Waals surface area contributed by atoms with Gasteiger partial charge in [0.25, 0.3) is 5.91 Å². The van der Waals surface area contributed by atoms with Crippen LogP contribution in [0, 0.1) is 0 Å². The second kappa shape index (κ2) is 9.60. The highest BCUT2D eigenvalue weighted by atomic mass is 35.5. The van der Waals surface area contributed by atoms with Crippen molar-refractivity contribution in [2.75, 3.05) is 18.2 Å². The molecule has 2 N–H and O–H groups in total. The Morgan fingerprint density at radius 2 is 1.91 bits per heavy atom. The lowest BCUT2D eigenvalue weighted by Gasteiger charge is -2.15. The minimum absolute atomic E-state index is 0.0134. The Balaban J connectivity index is 1.92. The highest BCUT2D eigenvalue weighted by Crippen LogP contribution is 2.32. The Morgan fingerprint density at radius 3 is 2.50 bits per heavy atom. The van der Waals surface area contributed by atoms with Crippen molar-refractivity contribution >= 4 is 33.2 Å². The van der Waals surface area contributed by atoms with Crippen LogP contribution in [-0.4, -0.2) is 48.2 Å². The average Bonchev–Trinajstić information content (AvgIpc) is 3.11. The molecular formula is C21H22ClN3O6S. The van der Waals surface area contributed by atoms with Gasteiger partial charge in [-0.15, -0.1) is 0 Å². The fourth-order valence-corrected chi connectivity index (χ4v) is 4.07. The maximum atomic E-state index is 12.7. The SMILES string of the molecule is CC(CO)Oc1cc(Oc2ccc(S(C)(=O)=O)c(Cl)c2)cc(C(=O)Nc2ccn(C)n2)c1. The summed E-state index contributed by atoms with van der Waals surface area (Å²) >= 11 is 6.09. The minimum Gasteiger partial charge on any atom is -0.488 e. The van der Waals surface area contributed by atoms with E-state index < -0.39 is 21.8 Å². The summed E-state index contributed by atoms with van der Waals surface area (Å²) in [6.07, 6.45) is 2.24. The van der Waals surface area contributed by atoms with Gasteiger partial charge in [0, 0.05) is 43.3 Å². The van der Waals surface area contributed by atoms with E-state index in [0.717, 1.165) is 6.26 Å². The number of aryl methyl sites for hydroxylation is 1. The zero-order chi connectivity index (χ0) is 23.5. The number of carbonyl (C=O) groups excluding carboxylic acids is 1. The van der Waals surface area contributed by atoms with Crippen LogP contribution in [0.4, 0.5) is 5.82 Å². The number of anilines is 1. The van der Waals surface area contributed by atoms with Gasteiger partial charge < -0.3 is 19.9 Å². The highest BCUT2D eigenvalue weighted by Gasteiger charge is 2.16. The molecule has 1 aromatic heterocycles. The maximum absolute atomic E-state index is 12.7. The summed E-state index contributed by atoms with van der Waals surface area (Å²) in [7, 11) is -1.76. The van der Waals surface area contributed by atoms with Crippen LogP contribution in [0.1, 0.15) is 17.3 Å². The van der Waals surface area contributed by atoms with Crippen molar-refractivity contribution in [3.8, 4) is 17.2 Å². The molecule has 0 saturated heterocycles. The average molecular weight is 480 g/mol. The molecule has 0 aliphatic rings. The first-order valence-corrected chi connectivity index (χ1v) is 11.7. The molecular weight excluding hydrogens is 458 g/mol. The van der Waals surface area contributed by atoms with Gasteiger partial charge >= 0.3 is 0 Å². The second-order valence-electron chi connectivity index (χ2n) is 7.10. The number of hydrogen-bond donors (Lipinski definition) is 2. The maximum Gasteiger partial charge on any atom is 0.257 e. The summed E-state index contributed by atoms with van der Waals surface area (Å²) in [5.41, 5.74) is 0.229. The van der Waals surface area contributed by atoms with Gasteiger partial charge in [-0.3, -0.25) is 9.48 Å². The normalized spacial score (nSPS) is 12.3. The molecule has 170 valence electrons. The molecule has 0 aliphatic carbocycles. The second-order valence-corrected chi connectivity index (χ2v) is 9.49.